The molecule has 0 bridgehead atoms. The molecule has 2 rings (SSSR count). The van der Waals surface area contributed by atoms with Gasteiger partial charge in [0.1, 0.15) is 11.5 Å². The van der Waals surface area contributed by atoms with E-state index in [0.29, 0.717) is 0 Å². The van der Waals surface area contributed by atoms with Gasteiger partial charge in [0.15, 0.2) is 0 Å². The molecule has 2 N–H and O–H groups in total. The summed E-state index contributed by atoms with van der Waals surface area (Å²) in [6.45, 7) is 3.85. The van der Waals surface area contributed by atoms with Crippen LogP contribution in [0.1, 0.15) is 11.6 Å². The summed E-state index contributed by atoms with van der Waals surface area (Å²) < 4.78 is 10.6. The molecule has 1 heterocycles. The summed E-state index contributed by atoms with van der Waals surface area (Å²) in [6, 6.07) is 5.71. The van der Waals surface area contributed by atoms with Crippen LogP contribution in [0.3, 0.4) is 0 Å². The van der Waals surface area contributed by atoms with Crippen molar-refractivity contribution in [1.29, 1.82) is 0 Å². The molecule has 1 aromatic rings. The number of nitrogens with zero attached hydrogens (tertiary/aromatic N) is 1. The van der Waals surface area contributed by atoms with Crippen LogP contribution in [0.2, 0.25) is 0 Å². The Hall–Kier alpha value is -1.30. The molecular weight excluding hydrogens is 244 g/mol. The number of aliphatic hydroxyl groups excluding tert-OH is 1. The molecule has 19 heavy (non-hydrogen) atoms. The fourth-order valence-electron chi connectivity index (χ4n) is 2.50. The third-order valence-corrected chi connectivity index (χ3v) is 3.56. The number of hydrogen-bond donors (Lipinski definition) is 2. The zero-order valence-corrected chi connectivity index (χ0v) is 11.6. The second kappa shape index (κ2) is 6.75. The average Bonchev–Trinajstić information content (AvgIpc) is 2.49. The highest BCUT2D eigenvalue weighted by Gasteiger charge is 2.24. The lowest BCUT2D eigenvalue weighted by atomic mass is 10.0. The predicted molar refractivity (Wildman–Crippen MR) is 73.8 cm³/mol. The van der Waals surface area contributed by atoms with Gasteiger partial charge in [0, 0.05) is 37.8 Å². The van der Waals surface area contributed by atoms with Crippen LogP contribution in [-0.2, 0) is 0 Å². The smallest absolute Gasteiger partial charge is 0.127 e. The molecule has 0 unspecified atom stereocenters. The van der Waals surface area contributed by atoms with Crippen molar-refractivity contribution in [3.8, 4) is 11.5 Å². The third-order valence-electron chi connectivity index (χ3n) is 3.56. The predicted octanol–water partition coefficient (Wildman–Crippen LogP) is 0.642. The zero-order chi connectivity index (χ0) is 13.7. The summed E-state index contributed by atoms with van der Waals surface area (Å²) in [6.07, 6.45) is 0. The first-order chi connectivity index (χ1) is 9.30. The first kappa shape index (κ1) is 14.1. The van der Waals surface area contributed by atoms with E-state index in [4.69, 9.17) is 9.47 Å². The van der Waals surface area contributed by atoms with E-state index in [9.17, 15) is 5.11 Å². The first-order valence-electron chi connectivity index (χ1n) is 6.57. The quantitative estimate of drug-likeness (QED) is 0.819. The van der Waals surface area contributed by atoms with E-state index in [-0.39, 0.29) is 12.6 Å². The molecule has 1 fully saturated rings. The van der Waals surface area contributed by atoms with E-state index in [1.807, 2.05) is 18.2 Å². The van der Waals surface area contributed by atoms with Crippen LogP contribution in [0, 0.1) is 0 Å². The Morgan fingerprint density at radius 3 is 2.58 bits per heavy atom. The van der Waals surface area contributed by atoms with E-state index < -0.39 is 0 Å². The van der Waals surface area contributed by atoms with Gasteiger partial charge in [-0.1, -0.05) is 0 Å². The molecule has 0 aromatic heterocycles. The van der Waals surface area contributed by atoms with Crippen LogP contribution in [0.5, 0.6) is 11.5 Å². The van der Waals surface area contributed by atoms with Crippen molar-refractivity contribution in [3.63, 3.8) is 0 Å². The van der Waals surface area contributed by atoms with Gasteiger partial charge in [-0.2, -0.15) is 0 Å². The van der Waals surface area contributed by atoms with Crippen LogP contribution in [-0.4, -0.2) is 57.0 Å². The molecule has 0 spiro atoms. The lowest BCUT2D eigenvalue weighted by Crippen LogP contribution is -2.46. The topological polar surface area (TPSA) is 54.0 Å². The van der Waals surface area contributed by atoms with Crippen molar-refractivity contribution in [1.82, 2.24) is 10.2 Å². The van der Waals surface area contributed by atoms with E-state index in [2.05, 4.69) is 10.2 Å². The summed E-state index contributed by atoms with van der Waals surface area (Å²) in [4.78, 5) is 2.28. The van der Waals surface area contributed by atoms with Gasteiger partial charge in [0.05, 0.1) is 26.9 Å². The van der Waals surface area contributed by atoms with E-state index in [1.54, 1.807) is 14.2 Å². The fourth-order valence-corrected chi connectivity index (χ4v) is 2.50. The van der Waals surface area contributed by atoms with Gasteiger partial charge in [-0.05, 0) is 12.1 Å². The zero-order valence-electron chi connectivity index (χ0n) is 11.6. The minimum Gasteiger partial charge on any atom is -0.497 e. The Labute approximate surface area is 114 Å². The maximum atomic E-state index is 9.73. The molecular formula is C14H22N2O3. The summed E-state index contributed by atoms with van der Waals surface area (Å²) in [5, 5.41) is 13.0. The summed E-state index contributed by atoms with van der Waals surface area (Å²) in [5.41, 5.74) is 1.01. The normalized spacial score (nSPS) is 18.1. The molecule has 106 valence electrons. The summed E-state index contributed by atoms with van der Waals surface area (Å²) >= 11 is 0. The van der Waals surface area contributed by atoms with Gasteiger partial charge >= 0.3 is 0 Å². The number of ether oxygens (including phenoxy) is 2. The van der Waals surface area contributed by atoms with Crippen molar-refractivity contribution in [2.24, 2.45) is 0 Å². The number of piperazine rings is 1. The number of methoxy groups -OCH3 is 2. The molecule has 0 saturated carbocycles. The highest BCUT2D eigenvalue weighted by atomic mass is 16.5. The molecule has 1 aromatic carbocycles. The second-order valence-electron chi connectivity index (χ2n) is 4.59. The minimum atomic E-state index is -0.0250. The van der Waals surface area contributed by atoms with Gasteiger partial charge in [0.2, 0.25) is 0 Å². The van der Waals surface area contributed by atoms with E-state index >= 15 is 0 Å². The van der Waals surface area contributed by atoms with Crippen LogP contribution in [0.4, 0.5) is 0 Å². The van der Waals surface area contributed by atoms with Crippen LogP contribution in [0.25, 0.3) is 0 Å². The molecule has 0 aliphatic carbocycles. The van der Waals surface area contributed by atoms with Crippen LogP contribution >= 0.6 is 0 Å². The molecule has 0 amide bonds. The highest BCUT2D eigenvalue weighted by molar-refractivity contribution is 5.42. The number of hydrogen-bond acceptors (Lipinski definition) is 5. The van der Waals surface area contributed by atoms with Crippen molar-refractivity contribution < 1.29 is 14.6 Å². The Morgan fingerprint density at radius 2 is 2.00 bits per heavy atom. The monoisotopic (exact) mass is 266 g/mol. The van der Waals surface area contributed by atoms with E-state index in [1.165, 1.54) is 0 Å². The maximum Gasteiger partial charge on any atom is 0.127 e. The van der Waals surface area contributed by atoms with Crippen molar-refractivity contribution in [2.45, 2.75) is 6.04 Å². The van der Waals surface area contributed by atoms with Gasteiger partial charge in [-0.3, -0.25) is 4.90 Å². The lowest BCUT2D eigenvalue weighted by molar-refractivity contribution is 0.109. The van der Waals surface area contributed by atoms with Crippen LogP contribution < -0.4 is 14.8 Å². The third kappa shape index (κ3) is 3.18. The molecule has 5 nitrogen and oxygen atoms in total. The SMILES string of the molecule is COc1ccc([C@@H](CO)N2CCNCC2)c(OC)c1. The highest BCUT2D eigenvalue weighted by Crippen LogP contribution is 2.32. The van der Waals surface area contributed by atoms with Crippen molar-refractivity contribution in [3.05, 3.63) is 23.8 Å². The maximum absolute atomic E-state index is 9.73. The Kier molecular flexibility index (Phi) is 5.01. The number of aliphatic hydroxyl groups is 1. The first-order valence-corrected chi connectivity index (χ1v) is 6.57. The lowest BCUT2D eigenvalue weighted by Gasteiger charge is -2.34. The van der Waals surface area contributed by atoms with Gasteiger partial charge in [-0.15, -0.1) is 0 Å². The largest absolute Gasteiger partial charge is 0.497 e. The Bertz CT molecular complexity index is 406. The van der Waals surface area contributed by atoms with E-state index in [0.717, 1.165) is 43.2 Å². The standard InChI is InChI=1S/C14H22N2O3/c1-18-11-3-4-12(14(9-11)19-2)13(10-17)16-7-5-15-6-8-16/h3-4,9,13,15,17H,5-8,10H2,1-2H3/t13-/m1/s1. The molecule has 1 atom stereocenters. The number of benzene rings is 1. The Morgan fingerprint density at radius 1 is 1.26 bits per heavy atom. The Balaban J connectivity index is 2.26. The molecule has 1 aliphatic rings. The van der Waals surface area contributed by atoms with Crippen molar-refractivity contribution in [2.75, 3.05) is 47.0 Å². The second-order valence-corrected chi connectivity index (χ2v) is 4.59. The fraction of sp³-hybridized carbons (Fsp3) is 0.571. The molecule has 0 radical (unpaired) electrons. The van der Waals surface area contributed by atoms with Gasteiger partial charge < -0.3 is 19.9 Å². The van der Waals surface area contributed by atoms with Gasteiger partial charge in [-0.25, -0.2) is 0 Å². The summed E-state index contributed by atoms with van der Waals surface area (Å²) in [5.74, 6) is 1.52. The molecule has 1 saturated heterocycles. The number of nitrogens with one attached hydrogen (secondary N) is 1. The molecule has 5 heteroatoms. The van der Waals surface area contributed by atoms with Crippen molar-refractivity contribution >= 4 is 0 Å². The number of rotatable bonds is 5. The molecule has 1 aliphatic heterocycles. The average molecular weight is 266 g/mol. The van der Waals surface area contributed by atoms with Gasteiger partial charge in [0.25, 0.3) is 0 Å². The van der Waals surface area contributed by atoms with Crippen LogP contribution in [0.15, 0.2) is 18.2 Å². The summed E-state index contributed by atoms with van der Waals surface area (Å²) in [7, 11) is 3.28. The minimum absolute atomic E-state index is 0.0250.